The normalized spacial score (nSPS) is 20.2. The summed E-state index contributed by atoms with van der Waals surface area (Å²) in [6.07, 6.45) is 3.66. The number of rotatable bonds is 7. The molecule has 0 spiro atoms. The first-order valence-corrected chi connectivity index (χ1v) is 8.47. The monoisotopic (exact) mass is 297 g/mol. The lowest BCUT2D eigenvalue weighted by molar-refractivity contribution is 0.129. The van der Waals surface area contributed by atoms with Gasteiger partial charge in [0.05, 0.1) is 6.10 Å². The Hall–Kier alpha value is -0.580. The summed E-state index contributed by atoms with van der Waals surface area (Å²) in [4.78, 5) is 1.04. The largest absolute Gasteiger partial charge is 0.377 e. The highest BCUT2D eigenvalue weighted by Crippen LogP contribution is 2.31. The van der Waals surface area contributed by atoms with Crippen LogP contribution < -0.4 is 5.32 Å². The van der Waals surface area contributed by atoms with Gasteiger partial charge in [-0.2, -0.15) is 0 Å². The van der Waals surface area contributed by atoms with Crippen LogP contribution in [0.3, 0.4) is 0 Å². The molecule has 0 aliphatic carbocycles. The van der Waals surface area contributed by atoms with Gasteiger partial charge < -0.3 is 10.1 Å². The number of nitrogens with one attached hydrogen (secondary N) is 1. The van der Waals surface area contributed by atoms with Gasteiger partial charge in [0.15, 0.2) is 0 Å². The molecule has 1 aromatic carbocycles. The minimum atomic E-state index is -0.113. The summed E-state index contributed by atoms with van der Waals surface area (Å²) >= 11 is 1.72. The van der Waals surface area contributed by atoms with E-state index >= 15 is 0 Å². The fraction of sp³-hybridized carbons (Fsp3) is 0.625. The van der Waals surface area contributed by atoms with Crippen molar-refractivity contribution in [2.75, 3.05) is 18.9 Å². The van der Waals surface area contributed by atoms with Gasteiger partial charge in [-0.05, 0) is 44.9 Å². The van der Waals surface area contributed by atoms with Crippen LogP contribution in [0.25, 0.3) is 0 Å². The number of ether oxygens (including phenoxy) is 1. The van der Waals surface area contributed by atoms with Crippen LogP contribution in [-0.2, 0) is 4.74 Å². The second kappa shape index (κ2) is 8.01. The molecule has 112 valence electrons. The third-order valence-corrected chi connectivity index (χ3v) is 4.80. The van der Waals surface area contributed by atoms with E-state index in [0.29, 0.717) is 6.10 Å². The molecule has 0 aromatic heterocycles. The predicted octanol–water partition coefficient (Wildman–Crippen LogP) is 4.16. The Kier molecular flexibility index (Phi) is 6.33. The predicted molar refractivity (Wildman–Crippen MR) is 82.8 cm³/mol. The zero-order valence-electron chi connectivity index (χ0n) is 12.3. The van der Waals surface area contributed by atoms with E-state index in [1.807, 2.05) is 13.0 Å². The quantitative estimate of drug-likeness (QED) is 0.764. The molecule has 0 bridgehead atoms. The number of hydrogen-bond donors (Lipinski definition) is 1. The van der Waals surface area contributed by atoms with Crippen LogP contribution in [0.2, 0.25) is 0 Å². The highest BCUT2D eigenvalue weighted by Gasteiger charge is 2.19. The van der Waals surface area contributed by atoms with Gasteiger partial charge in [-0.1, -0.05) is 13.0 Å². The maximum atomic E-state index is 14.1. The summed E-state index contributed by atoms with van der Waals surface area (Å²) in [5.74, 6) is 0.801. The zero-order chi connectivity index (χ0) is 14.4. The van der Waals surface area contributed by atoms with Crippen molar-refractivity contribution in [3.8, 4) is 0 Å². The standard InChI is InChI=1S/C16H24FNOS/c1-3-9-18-12(2)16-14(17)7-4-8-15(16)20-11-13-6-5-10-19-13/h4,7-8,12-13,18H,3,5-6,9-11H2,1-2H3. The van der Waals surface area contributed by atoms with Crippen LogP contribution in [-0.4, -0.2) is 25.0 Å². The maximum Gasteiger partial charge on any atom is 0.129 e. The molecule has 0 amide bonds. The molecular formula is C16H24FNOS. The second-order valence-electron chi connectivity index (χ2n) is 5.27. The molecule has 0 radical (unpaired) electrons. The molecule has 1 N–H and O–H groups in total. The summed E-state index contributed by atoms with van der Waals surface area (Å²) in [6.45, 7) is 5.93. The Morgan fingerprint density at radius 2 is 2.35 bits per heavy atom. The van der Waals surface area contributed by atoms with E-state index in [9.17, 15) is 4.39 Å². The van der Waals surface area contributed by atoms with Gasteiger partial charge in [-0.15, -0.1) is 11.8 Å². The van der Waals surface area contributed by atoms with Crippen LogP contribution in [0, 0.1) is 5.82 Å². The first-order chi connectivity index (χ1) is 9.72. The van der Waals surface area contributed by atoms with Gasteiger partial charge in [0.25, 0.3) is 0 Å². The van der Waals surface area contributed by atoms with E-state index < -0.39 is 0 Å². The smallest absolute Gasteiger partial charge is 0.129 e. The van der Waals surface area contributed by atoms with Crippen molar-refractivity contribution in [1.82, 2.24) is 5.32 Å². The number of halogens is 1. The molecule has 1 heterocycles. The molecule has 2 atom stereocenters. The van der Waals surface area contributed by atoms with Gasteiger partial charge >= 0.3 is 0 Å². The molecule has 2 unspecified atom stereocenters. The van der Waals surface area contributed by atoms with Crippen LogP contribution >= 0.6 is 11.8 Å². The molecule has 1 aliphatic heterocycles. The average molecular weight is 297 g/mol. The second-order valence-corrected chi connectivity index (χ2v) is 6.34. The van der Waals surface area contributed by atoms with Crippen molar-refractivity contribution in [3.63, 3.8) is 0 Å². The van der Waals surface area contributed by atoms with Gasteiger partial charge in [0.1, 0.15) is 5.82 Å². The Labute approximate surface area is 125 Å². The van der Waals surface area contributed by atoms with Crippen molar-refractivity contribution < 1.29 is 9.13 Å². The Balaban J connectivity index is 2.04. The Morgan fingerprint density at radius 1 is 1.50 bits per heavy atom. The van der Waals surface area contributed by atoms with Crippen LogP contribution in [0.1, 0.15) is 44.7 Å². The van der Waals surface area contributed by atoms with Gasteiger partial charge in [-0.25, -0.2) is 4.39 Å². The fourth-order valence-electron chi connectivity index (χ4n) is 2.48. The lowest BCUT2D eigenvalue weighted by Crippen LogP contribution is -2.21. The molecule has 0 saturated carbocycles. The highest BCUT2D eigenvalue weighted by atomic mass is 32.2. The highest BCUT2D eigenvalue weighted by molar-refractivity contribution is 7.99. The molecule has 2 nitrogen and oxygen atoms in total. The number of benzene rings is 1. The Morgan fingerprint density at radius 3 is 3.05 bits per heavy atom. The maximum absolute atomic E-state index is 14.1. The van der Waals surface area contributed by atoms with Crippen LogP contribution in [0.5, 0.6) is 0 Å². The Bertz CT molecular complexity index is 421. The lowest BCUT2D eigenvalue weighted by atomic mass is 10.1. The van der Waals surface area contributed by atoms with Crippen LogP contribution in [0.15, 0.2) is 23.1 Å². The molecule has 20 heavy (non-hydrogen) atoms. The van der Waals surface area contributed by atoms with E-state index in [1.165, 1.54) is 0 Å². The average Bonchev–Trinajstić information content (AvgIpc) is 2.95. The summed E-state index contributed by atoms with van der Waals surface area (Å²) in [5, 5.41) is 3.37. The summed E-state index contributed by atoms with van der Waals surface area (Å²) in [7, 11) is 0. The van der Waals surface area contributed by atoms with Crippen LogP contribution in [0.4, 0.5) is 4.39 Å². The van der Waals surface area contributed by atoms with E-state index in [-0.39, 0.29) is 11.9 Å². The molecule has 1 aliphatic rings. The van der Waals surface area contributed by atoms with E-state index in [4.69, 9.17) is 4.74 Å². The molecule has 2 rings (SSSR count). The topological polar surface area (TPSA) is 21.3 Å². The minimum Gasteiger partial charge on any atom is -0.377 e. The third kappa shape index (κ3) is 4.21. The van der Waals surface area contributed by atoms with E-state index in [2.05, 4.69) is 12.2 Å². The number of hydrogen-bond acceptors (Lipinski definition) is 3. The van der Waals surface area contributed by atoms with Gasteiger partial charge in [-0.3, -0.25) is 0 Å². The van der Waals surface area contributed by atoms with Crippen molar-refractivity contribution in [3.05, 3.63) is 29.6 Å². The third-order valence-electron chi connectivity index (χ3n) is 3.60. The van der Waals surface area contributed by atoms with E-state index in [0.717, 1.165) is 48.6 Å². The molecule has 4 heteroatoms. The molecular weight excluding hydrogens is 273 g/mol. The lowest BCUT2D eigenvalue weighted by Gasteiger charge is -2.19. The van der Waals surface area contributed by atoms with Gasteiger partial charge in [0.2, 0.25) is 0 Å². The SMILES string of the molecule is CCCNC(C)c1c(F)cccc1SCC1CCCO1. The molecule has 1 aromatic rings. The summed E-state index contributed by atoms with van der Waals surface area (Å²) in [6, 6.07) is 5.41. The zero-order valence-corrected chi connectivity index (χ0v) is 13.1. The summed E-state index contributed by atoms with van der Waals surface area (Å²) < 4.78 is 19.8. The molecule has 1 saturated heterocycles. The minimum absolute atomic E-state index is 0.0446. The fourth-order valence-corrected chi connectivity index (χ4v) is 3.72. The number of thioether (sulfide) groups is 1. The van der Waals surface area contributed by atoms with E-state index in [1.54, 1.807) is 23.9 Å². The van der Waals surface area contributed by atoms with Crippen molar-refractivity contribution in [1.29, 1.82) is 0 Å². The van der Waals surface area contributed by atoms with Crippen molar-refractivity contribution in [2.45, 2.75) is 50.2 Å². The van der Waals surface area contributed by atoms with Gasteiger partial charge in [0, 0.05) is 28.9 Å². The first-order valence-electron chi connectivity index (χ1n) is 7.48. The summed E-state index contributed by atoms with van der Waals surface area (Å²) in [5.41, 5.74) is 0.795. The first kappa shape index (κ1) is 15.8. The van der Waals surface area contributed by atoms with Crippen molar-refractivity contribution >= 4 is 11.8 Å². The van der Waals surface area contributed by atoms with Crippen molar-refractivity contribution in [2.24, 2.45) is 0 Å². The molecule has 1 fully saturated rings.